The number of benzene rings is 1. The molecule has 1 amide bonds. The van der Waals surface area contributed by atoms with Gasteiger partial charge in [0.25, 0.3) is 5.91 Å². The Morgan fingerprint density at radius 2 is 2.21 bits per heavy atom. The third kappa shape index (κ3) is 3.04. The highest BCUT2D eigenvalue weighted by atomic mass is 19.1. The van der Waals surface area contributed by atoms with Gasteiger partial charge in [-0.1, -0.05) is 12.1 Å². The summed E-state index contributed by atoms with van der Waals surface area (Å²) >= 11 is 0. The van der Waals surface area contributed by atoms with Gasteiger partial charge in [-0.2, -0.15) is 5.10 Å². The molecular formula is C21H22FN5O2. The van der Waals surface area contributed by atoms with Crippen molar-refractivity contribution in [1.29, 1.82) is 0 Å². The molecule has 1 N–H and O–H groups in total. The number of aromatic nitrogens is 4. The van der Waals surface area contributed by atoms with Gasteiger partial charge in [0.05, 0.1) is 43.2 Å². The van der Waals surface area contributed by atoms with Crippen molar-refractivity contribution >= 4 is 5.91 Å². The summed E-state index contributed by atoms with van der Waals surface area (Å²) in [5.41, 5.74) is 4.26. The smallest absolute Gasteiger partial charge is 0.272 e. The second-order valence-corrected chi connectivity index (χ2v) is 7.60. The molecule has 8 heteroatoms. The van der Waals surface area contributed by atoms with Crippen LogP contribution in [0.1, 0.15) is 51.9 Å². The summed E-state index contributed by atoms with van der Waals surface area (Å²) in [7, 11) is 0. The molecule has 4 heterocycles. The van der Waals surface area contributed by atoms with Gasteiger partial charge in [-0.05, 0) is 37.8 Å². The number of carbonyl (C=O) groups excluding carboxylic acids is 1. The van der Waals surface area contributed by atoms with Gasteiger partial charge in [-0.15, -0.1) is 0 Å². The first-order chi connectivity index (χ1) is 14.1. The normalized spacial score (nSPS) is 18.2. The summed E-state index contributed by atoms with van der Waals surface area (Å²) in [5, 5.41) is 7.44. The zero-order valence-corrected chi connectivity index (χ0v) is 16.2. The van der Waals surface area contributed by atoms with Gasteiger partial charge in [0, 0.05) is 12.1 Å². The second kappa shape index (κ2) is 7.11. The Morgan fingerprint density at radius 3 is 3.07 bits per heavy atom. The van der Waals surface area contributed by atoms with E-state index in [0.29, 0.717) is 24.6 Å². The van der Waals surface area contributed by atoms with Crippen molar-refractivity contribution < 1.29 is 13.9 Å². The van der Waals surface area contributed by atoms with Crippen molar-refractivity contribution in [3.8, 4) is 5.69 Å². The van der Waals surface area contributed by atoms with E-state index in [4.69, 9.17) is 4.74 Å². The number of hydrogen-bond donors (Lipinski definition) is 1. The van der Waals surface area contributed by atoms with Crippen LogP contribution in [0.2, 0.25) is 0 Å². The first kappa shape index (κ1) is 18.1. The van der Waals surface area contributed by atoms with E-state index in [1.807, 2.05) is 13.0 Å². The lowest BCUT2D eigenvalue weighted by atomic mass is 10.0. The maximum atomic E-state index is 14.5. The molecule has 7 nitrogen and oxygen atoms in total. The van der Waals surface area contributed by atoms with Crippen LogP contribution in [0, 0.1) is 12.7 Å². The summed E-state index contributed by atoms with van der Waals surface area (Å²) in [6.45, 7) is 3.41. The molecule has 0 bridgehead atoms. The maximum Gasteiger partial charge on any atom is 0.272 e. The van der Waals surface area contributed by atoms with E-state index < -0.39 is 0 Å². The van der Waals surface area contributed by atoms with Crippen molar-refractivity contribution in [3.05, 3.63) is 64.7 Å². The predicted octanol–water partition coefficient (Wildman–Crippen LogP) is 2.85. The van der Waals surface area contributed by atoms with E-state index in [9.17, 15) is 9.18 Å². The molecule has 0 spiro atoms. The third-order valence-electron chi connectivity index (χ3n) is 5.73. The van der Waals surface area contributed by atoms with Crippen LogP contribution in [0.15, 0.2) is 30.7 Å². The lowest BCUT2D eigenvalue weighted by Gasteiger charge is -2.25. The molecule has 0 fully saturated rings. The van der Waals surface area contributed by atoms with Crippen LogP contribution in [-0.4, -0.2) is 31.8 Å². The summed E-state index contributed by atoms with van der Waals surface area (Å²) in [6, 6.07) is 4.58. The zero-order valence-electron chi connectivity index (χ0n) is 16.2. The molecule has 5 rings (SSSR count). The minimum Gasteiger partial charge on any atom is -0.373 e. The number of imidazole rings is 1. The Labute approximate surface area is 167 Å². The fraction of sp³-hybridized carbons (Fsp3) is 0.381. The number of halogens is 1. The Bertz CT molecular complexity index is 1070. The minimum atomic E-state index is -0.354. The molecule has 2 aromatic heterocycles. The number of carbonyl (C=O) groups is 1. The van der Waals surface area contributed by atoms with Crippen LogP contribution < -0.4 is 5.32 Å². The van der Waals surface area contributed by atoms with E-state index in [-0.39, 0.29) is 17.8 Å². The van der Waals surface area contributed by atoms with Gasteiger partial charge in [-0.3, -0.25) is 4.79 Å². The largest absolute Gasteiger partial charge is 0.373 e. The van der Waals surface area contributed by atoms with E-state index >= 15 is 0 Å². The molecule has 0 saturated carbocycles. The van der Waals surface area contributed by atoms with Crippen molar-refractivity contribution in [2.24, 2.45) is 0 Å². The molecule has 0 aliphatic carbocycles. The van der Waals surface area contributed by atoms with Crippen LogP contribution in [0.4, 0.5) is 4.39 Å². The fourth-order valence-corrected chi connectivity index (χ4v) is 4.24. The number of amides is 1. The van der Waals surface area contributed by atoms with Crippen LogP contribution in [0.5, 0.6) is 0 Å². The van der Waals surface area contributed by atoms with Crippen LogP contribution in [0.3, 0.4) is 0 Å². The lowest BCUT2D eigenvalue weighted by molar-refractivity contribution is 0.0683. The Morgan fingerprint density at radius 1 is 1.31 bits per heavy atom. The molecule has 1 aromatic carbocycles. The molecule has 0 radical (unpaired) electrons. The number of para-hydroxylation sites is 1. The van der Waals surface area contributed by atoms with Gasteiger partial charge >= 0.3 is 0 Å². The number of fused-ring (bicyclic) bond motifs is 2. The van der Waals surface area contributed by atoms with Gasteiger partial charge in [0.2, 0.25) is 0 Å². The maximum absolute atomic E-state index is 14.5. The molecule has 29 heavy (non-hydrogen) atoms. The zero-order chi connectivity index (χ0) is 20.0. The fourth-order valence-electron chi connectivity index (χ4n) is 4.24. The highest BCUT2D eigenvalue weighted by Crippen LogP contribution is 2.29. The number of aryl methyl sites for hydroxylation is 2. The Hall–Kier alpha value is -3.00. The second-order valence-electron chi connectivity index (χ2n) is 7.60. The highest BCUT2D eigenvalue weighted by Gasteiger charge is 2.30. The Balaban J connectivity index is 1.44. The average molecular weight is 395 g/mol. The predicted molar refractivity (Wildman–Crippen MR) is 103 cm³/mol. The summed E-state index contributed by atoms with van der Waals surface area (Å²) in [6.07, 6.45) is 6.47. The molecular weight excluding hydrogens is 373 g/mol. The van der Waals surface area contributed by atoms with Crippen molar-refractivity contribution in [2.45, 2.75) is 45.4 Å². The van der Waals surface area contributed by atoms with E-state index in [1.54, 1.807) is 23.3 Å². The molecule has 3 aromatic rings. The SMILES string of the molecule is Cc1cccc(F)c1-n1ncc2c1COC[C@@H]2NC(=O)c1ncn2c1CCCC2. The molecule has 2 aliphatic rings. The molecule has 0 unspecified atom stereocenters. The van der Waals surface area contributed by atoms with Gasteiger partial charge in [0.15, 0.2) is 0 Å². The van der Waals surface area contributed by atoms with Gasteiger partial charge in [0.1, 0.15) is 17.2 Å². The third-order valence-corrected chi connectivity index (χ3v) is 5.73. The highest BCUT2D eigenvalue weighted by molar-refractivity contribution is 5.93. The van der Waals surface area contributed by atoms with Crippen LogP contribution >= 0.6 is 0 Å². The number of rotatable bonds is 3. The monoisotopic (exact) mass is 395 g/mol. The van der Waals surface area contributed by atoms with Crippen LogP contribution in [-0.2, 0) is 24.3 Å². The average Bonchev–Trinajstić information content (AvgIpc) is 3.33. The standard InChI is InChI=1S/C21H22FN5O2/c1-13-5-4-6-15(22)20(13)27-18-11-29-10-16(14(18)9-24-27)25-21(28)19-17-7-2-3-8-26(17)12-23-19/h4-6,9,12,16H,2-3,7-8,10-11H2,1H3,(H,25,28)/t16-/m0/s1. The Kier molecular flexibility index (Phi) is 4.43. The summed E-state index contributed by atoms with van der Waals surface area (Å²) in [4.78, 5) is 17.2. The molecule has 1 atom stereocenters. The number of nitrogens with zero attached hydrogens (tertiary/aromatic N) is 4. The lowest BCUT2D eigenvalue weighted by Crippen LogP contribution is -2.35. The number of ether oxygens (including phenoxy) is 1. The van der Waals surface area contributed by atoms with Gasteiger partial charge < -0.3 is 14.6 Å². The quantitative estimate of drug-likeness (QED) is 0.740. The minimum absolute atomic E-state index is 0.211. The summed E-state index contributed by atoms with van der Waals surface area (Å²) < 4.78 is 23.8. The molecule has 0 saturated heterocycles. The topological polar surface area (TPSA) is 74.0 Å². The van der Waals surface area contributed by atoms with Crippen molar-refractivity contribution in [3.63, 3.8) is 0 Å². The van der Waals surface area contributed by atoms with Gasteiger partial charge in [-0.25, -0.2) is 14.1 Å². The number of nitrogens with one attached hydrogen (secondary N) is 1. The van der Waals surface area contributed by atoms with E-state index in [0.717, 1.165) is 48.3 Å². The first-order valence-electron chi connectivity index (χ1n) is 9.88. The van der Waals surface area contributed by atoms with Crippen molar-refractivity contribution in [1.82, 2.24) is 24.6 Å². The van der Waals surface area contributed by atoms with Crippen molar-refractivity contribution in [2.75, 3.05) is 6.61 Å². The van der Waals surface area contributed by atoms with Crippen LogP contribution in [0.25, 0.3) is 5.69 Å². The molecule has 2 aliphatic heterocycles. The number of hydrogen-bond acceptors (Lipinski definition) is 4. The molecule has 150 valence electrons. The summed E-state index contributed by atoms with van der Waals surface area (Å²) in [5.74, 6) is -0.552. The first-order valence-corrected chi connectivity index (χ1v) is 9.88. The van der Waals surface area contributed by atoms with E-state index in [2.05, 4.69) is 20.0 Å². The van der Waals surface area contributed by atoms with E-state index in [1.165, 1.54) is 6.07 Å².